The third-order valence-electron chi connectivity index (χ3n) is 4.96. The Morgan fingerprint density at radius 3 is 2.77 bits per heavy atom. The Morgan fingerprint density at radius 1 is 1.23 bits per heavy atom. The Labute approximate surface area is 156 Å². The average Bonchev–Trinajstić information content (AvgIpc) is 3.35. The molecule has 0 spiro atoms. The van der Waals surface area contributed by atoms with Gasteiger partial charge in [-0.25, -0.2) is 4.98 Å². The molecule has 3 heterocycles. The average molecular weight is 374 g/mol. The highest BCUT2D eigenvalue weighted by Crippen LogP contribution is 2.35. The molecule has 4 rings (SSSR count). The van der Waals surface area contributed by atoms with Crippen LogP contribution >= 0.6 is 11.3 Å². The first-order valence-electron chi connectivity index (χ1n) is 8.72. The molecule has 1 saturated heterocycles. The van der Waals surface area contributed by atoms with Gasteiger partial charge in [-0.2, -0.15) is 0 Å². The van der Waals surface area contributed by atoms with E-state index < -0.39 is 0 Å². The molecule has 1 amide bonds. The van der Waals surface area contributed by atoms with E-state index in [1.165, 1.54) is 16.9 Å². The number of piperazine rings is 1. The fourth-order valence-electron chi connectivity index (χ4n) is 3.32. The molecule has 0 aliphatic carbocycles. The molecule has 2 aliphatic heterocycles. The summed E-state index contributed by atoms with van der Waals surface area (Å²) in [5, 5.41) is 3.56. The summed E-state index contributed by atoms with van der Waals surface area (Å²) in [6.07, 6.45) is 1.65. The standard InChI is InChI=1S/C18H22N4O3S/c1-12(13-3-4-14-15(9-13)25-11-24-14)21-5-7-22(8-6-21)18-20-10-16(26-18)17(23)19-2/h3-4,9-10,12H,5-8,11H2,1-2H3,(H,19,23). The topological polar surface area (TPSA) is 66.9 Å². The second-order valence-corrected chi connectivity index (χ2v) is 7.41. The lowest BCUT2D eigenvalue weighted by atomic mass is 10.1. The predicted octanol–water partition coefficient (Wildman–Crippen LogP) is 2.11. The second-order valence-electron chi connectivity index (χ2n) is 6.40. The molecule has 1 atom stereocenters. The smallest absolute Gasteiger partial charge is 0.262 e. The number of nitrogens with zero attached hydrogens (tertiary/aromatic N) is 3. The molecular weight excluding hydrogens is 352 g/mol. The van der Waals surface area contributed by atoms with E-state index >= 15 is 0 Å². The van der Waals surface area contributed by atoms with E-state index in [-0.39, 0.29) is 5.91 Å². The van der Waals surface area contributed by atoms with E-state index in [2.05, 4.69) is 39.2 Å². The molecule has 1 N–H and O–H groups in total. The molecule has 26 heavy (non-hydrogen) atoms. The SMILES string of the molecule is CNC(=O)c1cnc(N2CCN(C(C)c3ccc4c(c3)OCO4)CC2)s1. The number of hydrogen-bond donors (Lipinski definition) is 1. The third-order valence-corrected chi connectivity index (χ3v) is 6.01. The molecule has 138 valence electrons. The number of ether oxygens (including phenoxy) is 2. The van der Waals surface area contributed by atoms with Crippen molar-refractivity contribution in [1.29, 1.82) is 0 Å². The van der Waals surface area contributed by atoms with Crippen LogP contribution in [-0.2, 0) is 0 Å². The van der Waals surface area contributed by atoms with Gasteiger partial charge in [0.2, 0.25) is 6.79 Å². The van der Waals surface area contributed by atoms with Gasteiger partial charge in [0, 0.05) is 39.3 Å². The maximum atomic E-state index is 11.7. The van der Waals surface area contributed by atoms with Crippen molar-refractivity contribution >= 4 is 22.4 Å². The Kier molecular flexibility index (Phi) is 4.69. The van der Waals surface area contributed by atoms with Gasteiger partial charge in [0.25, 0.3) is 5.91 Å². The number of fused-ring (bicyclic) bond motifs is 1. The summed E-state index contributed by atoms with van der Waals surface area (Å²) in [6, 6.07) is 6.49. The van der Waals surface area contributed by atoms with Crippen LogP contribution in [0.15, 0.2) is 24.4 Å². The molecule has 1 aromatic carbocycles. The van der Waals surface area contributed by atoms with Crippen molar-refractivity contribution in [2.75, 3.05) is 44.9 Å². The van der Waals surface area contributed by atoms with E-state index in [0.29, 0.717) is 17.7 Å². The van der Waals surface area contributed by atoms with Gasteiger partial charge in [0.15, 0.2) is 16.6 Å². The van der Waals surface area contributed by atoms with Crippen LogP contribution in [0.4, 0.5) is 5.13 Å². The van der Waals surface area contributed by atoms with Crippen molar-refractivity contribution in [3.05, 3.63) is 34.8 Å². The lowest BCUT2D eigenvalue weighted by Crippen LogP contribution is -2.47. The number of rotatable bonds is 4. The van der Waals surface area contributed by atoms with Gasteiger partial charge < -0.3 is 19.7 Å². The molecule has 7 nitrogen and oxygen atoms in total. The van der Waals surface area contributed by atoms with Crippen molar-refractivity contribution in [2.45, 2.75) is 13.0 Å². The summed E-state index contributed by atoms with van der Waals surface area (Å²) in [5.74, 6) is 1.57. The number of carbonyl (C=O) groups excluding carboxylic acids is 1. The summed E-state index contributed by atoms with van der Waals surface area (Å²) in [7, 11) is 1.64. The van der Waals surface area contributed by atoms with Crippen molar-refractivity contribution in [1.82, 2.24) is 15.2 Å². The number of anilines is 1. The van der Waals surface area contributed by atoms with E-state index in [4.69, 9.17) is 9.47 Å². The Hall–Kier alpha value is -2.32. The second kappa shape index (κ2) is 7.13. The van der Waals surface area contributed by atoms with Gasteiger partial charge in [-0.1, -0.05) is 17.4 Å². The van der Waals surface area contributed by atoms with Crippen LogP contribution in [0.3, 0.4) is 0 Å². The normalized spacial score (nSPS) is 18.0. The van der Waals surface area contributed by atoms with Crippen LogP contribution in [0.2, 0.25) is 0 Å². The van der Waals surface area contributed by atoms with Gasteiger partial charge in [-0.3, -0.25) is 9.69 Å². The fourth-order valence-corrected chi connectivity index (χ4v) is 4.24. The molecule has 8 heteroatoms. The zero-order valence-electron chi connectivity index (χ0n) is 14.9. The molecule has 1 unspecified atom stereocenters. The first-order valence-corrected chi connectivity index (χ1v) is 9.54. The third kappa shape index (κ3) is 3.22. The van der Waals surface area contributed by atoms with Gasteiger partial charge >= 0.3 is 0 Å². The number of nitrogens with one attached hydrogen (secondary N) is 1. The van der Waals surface area contributed by atoms with Crippen molar-refractivity contribution in [3.8, 4) is 11.5 Å². The zero-order chi connectivity index (χ0) is 18.1. The van der Waals surface area contributed by atoms with Crippen molar-refractivity contribution < 1.29 is 14.3 Å². The first-order chi connectivity index (χ1) is 12.7. The van der Waals surface area contributed by atoms with E-state index in [9.17, 15) is 4.79 Å². The highest BCUT2D eigenvalue weighted by molar-refractivity contribution is 7.17. The minimum atomic E-state index is -0.0798. The molecule has 1 aromatic heterocycles. The molecule has 0 saturated carbocycles. The number of hydrogen-bond acceptors (Lipinski definition) is 7. The van der Waals surface area contributed by atoms with E-state index in [0.717, 1.165) is 42.8 Å². The van der Waals surface area contributed by atoms with E-state index in [1.54, 1.807) is 13.2 Å². The quantitative estimate of drug-likeness (QED) is 0.884. The molecule has 2 aliphatic rings. The monoisotopic (exact) mass is 374 g/mol. The minimum absolute atomic E-state index is 0.0798. The van der Waals surface area contributed by atoms with Gasteiger partial charge in [-0.05, 0) is 24.6 Å². The van der Waals surface area contributed by atoms with Gasteiger partial charge in [0.1, 0.15) is 4.88 Å². The summed E-state index contributed by atoms with van der Waals surface area (Å²) >= 11 is 1.45. The highest BCUT2D eigenvalue weighted by atomic mass is 32.1. The number of benzene rings is 1. The minimum Gasteiger partial charge on any atom is -0.454 e. The van der Waals surface area contributed by atoms with Crippen LogP contribution in [-0.4, -0.2) is 55.8 Å². The van der Waals surface area contributed by atoms with Gasteiger partial charge in [-0.15, -0.1) is 0 Å². The molecule has 1 fully saturated rings. The number of thiazole rings is 1. The Balaban J connectivity index is 1.38. The first kappa shape index (κ1) is 17.1. The lowest BCUT2D eigenvalue weighted by Gasteiger charge is -2.38. The maximum absolute atomic E-state index is 11.7. The van der Waals surface area contributed by atoms with Crippen LogP contribution in [0, 0.1) is 0 Å². The summed E-state index contributed by atoms with van der Waals surface area (Å²) in [4.78, 5) is 21.5. The lowest BCUT2D eigenvalue weighted by molar-refractivity contribution is 0.0967. The van der Waals surface area contributed by atoms with Crippen molar-refractivity contribution in [3.63, 3.8) is 0 Å². The van der Waals surface area contributed by atoms with Crippen LogP contribution in [0.5, 0.6) is 11.5 Å². The molecule has 0 bridgehead atoms. The van der Waals surface area contributed by atoms with Crippen molar-refractivity contribution in [2.24, 2.45) is 0 Å². The number of carbonyl (C=O) groups is 1. The number of aromatic nitrogens is 1. The Bertz CT molecular complexity index is 801. The molecular formula is C18H22N4O3S. The summed E-state index contributed by atoms with van der Waals surface area (Å²) in [5.41, 5.74) is 1.24. The highest BCUT2D eigenvalue weighted by Gasteiger charge is 2.25. The van der Waals surface area contributed by atoms with Crippen LogP contribution < -0.4 is 19.7 Å². The molecule has 2 aromatic rings. The van der Waals surface area contributed by atoms with Crippen LogP contribution in [0.25, 0.3) is 0 Å². The predicted molar refractivity (Wildman–Crippen MR) is 100 cm³/mol. The van der Waals surface area contributed by atoms with Crippen LogP contribution in [0.1, 0.15) is 28.2 Å². The number of amides is 1. The molecule has 0 radical (unpaired) electrons. The Morgan fingerprint density at radius 2 is 2.00 bits per heavy atom. The summed E-state index contributed by atoms with van der Waals surface area (Å²) in [6.45, 7) is 6.22. The zero-order valence-corrected chi connectivity index (χ0v) is 15.7. The fraction of sp³-hybridized carbons (Fsp3) is 0.444. The largest absolute Gasteiger partial charge is 0.454 e. The maximum Gasteiger partial charge on any atom is 0.262 e. The van der Waals surface area contributed by atoms with E-state index in [1.807, 2.05) is 6.07 Å². The van der Waals surface area contributed by atoms with Gasteiger partial charge in [0.05, 0.1) is 6.20 Å². The summed E-state index contributed by atoms with van der Waals surface area (Å²) < 4.78 is 10.9.